The molecular formula is C57H77N3O6. The standard InChI is InChI=1S/C57H77N3O6/c1-3-5-7-9-11-13-15-17-19-21-23-25-43-63-51-37-31-49(32-38-51)56(61)65-53-35-27-47(28-36-53)45-60-46-55(58-59-60)48-29-41-54(42-30-48)66-57(62)50-33-39-52(40-34-50)64-44-26-24-22-20-18-16-14-12-10-8-6-4-2/h27-42,46H,3-26,43-45H2,1-2H3. The second-order valence-electron chi connectivity index (χ2n) is 17.8. The zero-order chi connectivity index (χ0) is 46.3. The fraction of sp³-hybridized carbons (Fsp3) is 0.509. The molecule has 0 saturated carbocycles. The molecule has 1 aromatic heterocycles. The predicted octanol–water partition coefficient (Wildman–Crippen LogP) is 15.6. The quantitative estimate of drug-likeness (QED) is 0.0225. The number of aromatic nitrogens is 3. The second kappa shape index (κ2) is 31.5. The normalized spacial score (nSPS) is 11.1. The number of nitrogens with zero attached hydrogens (tertiary/aromatic N) is 3. The van der Waals surface area contributed by atoms with Crippen molar-refractivity contribution in [1.82, 2.24) is 15.0 Å². The molecule has 5 aromatic rings. The molecule has 0 aliphatic heterocycles. The van der Waals surface area contributed by atoms with E-state index < -0.39 is 11.9 Å². The number of rotatable bonds is 35. The maximum absolute atomic E-state index is 12.9. The summed E-state index contributed by atoms with van der Waals surface area (Å²) in [4.78, 5) is 25.7. The lowest BCUT2D eigenvalue weighted by Gasteiger charge is -2.08. The molecule has 0 aliphatic carbocycles. The summed E-state index contributed by atoms with van der Waals surface area (Å²) < 4.78 is 24.9. The first-order chi connectivity index (χ1) is 32.5. The first-order valence-corrected chi connectivity index (χ1v) is 25.5. The van der Waals surface area contributed by atoms with Crippen molar-refractivity contribution in [3.63, 3.8) is 0 Å². The molecule has 0 spiro atoms. The van der Waals surface area contributed by atoms with Gasteiger partial charge in [-0.25, -0.2) is 14.3 Å². The van der Waals surface area contributed by atoms with Crippen LogP contribution in [0.15, 0.2) is 103 Å². The number of esters is 2. The third-order valence-corrected chi connectivity index (χ3v) is 12.1. The lowest BCUT2D eigenvalue weighted by molar-refractivity contribution is 0.0725. The van der Waals surface area contributed by atoms with Crippen LogP contribution in [0.4, 0.5) is 0 Å². The van der Waals surface area contributed by atoms with Crippen molar-refractivity contribution in [3.05, 3.63) is 120 Å². The van der Waals surface area contributed by atoms with E-state index in [0.29, 0.717) is 48.1 Å². The maximum atomic E-state index is 12.9. The van der Waals surface area contributed by atoms with Crippen molar-refractivity contribution < 1.29 is 28.5 Å². The van der Waals surface area contributed by atoms with Gasteiger partial charge in [-0.2, -0.15) is 0 Å². The topological polar surface area (TPSA) is 102 Å². The van der Waals surface area contributed by atoms with Crippen LogP contribution in [0, 0.1) is 0 Å². The monoisotopic (exact) mass is 900 g/mol. The highest BCUT2D eigenvalue weighted by Gasteiger charge is 2.12. The molecule has 0 fully saturated rings. The summed E-state index contributed by atoms with van der Waals surface area (Å²) in [6.45, 7) is 6.39. The van der Waals surface area contributed by atoms with Gasteiger partial charge in [0.1, 0.15) is 28.7 Å². The van der Waals surface area contributed by atoms with E-state index in [4.69, 9.17) is 18.9 Å². The van der Waals surface area contributed by atoms with Gasteiger partial charge in [0.05, 0.1) is 37.1 Å². The zero-order valence-electron chi connectivity index (χ0n) is 40.2. The van der Waals surface area contributed by atoms with Gasteiger partial charge in [-0.3, -0.25) is 0 Å². The fourth-order valence-corrected chi connectivity index (χ4v) is 8.02. The van der Waals surface area contributed by atoms with E-state index in [1.807, 2.05) is 54.7 Å². The smallest absolute Gasteiger partial charge is 0.343 e. The number of ether oxygens (including phenoxy) is 4. The maximum Gasteiger partial charge on any atom is 0.343 e. The summed E-state index contributed by atoms with van der Waals surface area (Å²) in [6, 6.07) is 28.8. The Labute approximate surface area is 396 Å². The molecule has 4 aromatic carbocycles. The van der Waals surface area contributed by atoms with E-state index in [-0.39, 0.29) is 0 Å². The van der Waals surface area contributed by atoms with Crippen LogP contribution in [0.1, 0.15) is 194 Å². The summed E-state index contributed by atoms with van der Waals surface area (Å²) in [6.07, 6.45) is 33.4. The predicted molar refractivity (Wildman–Crippen MR) is 267 cm³/mol. The van der Waals surface area contributed by atoms with E-state index in [0.717, 1.165) is 35.5 Å². The SMILES string of the molecule is CCCCCCCCCCCCCCOc1ccc(C(=O)Oc2ccc(Cn3cc(-c4ccc(OC(=O)c5ccc(OCCCCCCCCCCCCCC)cc5)cc4)nn3)cc2)cc1. The summed E-state index contributed by atoms with van der Waals surface area (Å²) in [5.41, 5.74) is 3.44. The van der Waals surface area contributed by atoms with Crippen LogP contribution in [0.5, 0.6) is 23.0 Å². The molecular weight excluding hydrogens is 823 g/mol. The van der Waals surface area contributed by atoms with Gasteiger partial charge in [0.25, 0.3) is 0 Å². The molecule has 0 unspecified atom stereocenters. The molecule has 9 heteroatoms. The number of carbonyl (C=O) groups excluding carboxylic acids is 2. The van der Waals surface area contributed by atoms with E-state index >= 15 is 0 Å². The van der Waals surface area contributed by atoms with Gasteiger partial charge in [0, 0.05) is 5.56 Å². The molecule has 0 radical (unpaired) electrons. The highest BCUT2D eigenvalue weighted by Crippen LogP contribution is 2.24. The molecule has 0 saturated heterocycles. The van der Waals surface area contributed by atoms with Gasteiger partial charge in [-0.15, -0.1) is 5.10 Å². The summed E-state index contributed by atoms with van der Waals surface area (Å²) >= 11 is 0. The van der Waals surface area contributed by atoms with E-state index in [1.54, 1.807) is 53.2 Å². The first-order valence-electron chi connectivity index (χ1n) is 25.5. The third kappa shape index (κ3) is 20.4. The molecule has 9 nitrogen and oxygen atoms in total. The van der Waals surface area contributed by atoms with Crippen LogP contribution in [0.2, 0.25) is 0 Å². The first kappa shape index (κ1) is 51.5. The molecule has 0 atom stereocenters. The Hall–Kier alpha value is -5.44. The molecule has 0 amide bonds. The van der Waals surface area contributed by atoms with Crippen molar-refractivity contribution in [2.24, 2.45) is 0 Å². The molecule has 0 aliphatic rings. The molecule has 0 bridgehead atoms. The Morgan fingerprint density at radius 3 is 1.17 bits per heavy atom. The minimum atomic E-state index is -0.429. The van der Waals surface area contributed by atoms with Gasteiger partial charge in [0.15, 0.2) is 0 Å². The van der Waals surface area contributed by atoms with Crippen LogP contribution >= 0.6 is 0 Å². The van der Waals surface area contributed by atoms with Crippen LogP contribution in [-0.4, -0.2) is 40.1 Å². The lowest BCUT2D eigenvalue weighted by Crippen LogP contribution is -2.08. The Kier molecular flexibility index (Phi) is 24.6. The lowest BCUT2D eigenvalue weighted by atomic mass is 10.1. The Balaban J connectivity index is 0.930. The molecule has 1 heterocycles. The van der Waals surface area contributed by atoms with Gasteiger partial charge in [0.2, 0.25) is 0 Å². The summed E-state index contributed by atoms with van der Waals surface area (Å²) in [5, 5.41) is 8.65. The minimum Gasteiger partial charge on any atom is -0.494 e. The van der Waals surface area contributed by atoms with Crippen molar-refractivity contribution in [2.75, 3.05) is 13.2 Å². The highest BCUT2D eigenvalue weighted by atomic mass is 16.5. The Bertz CT molecular complexity index is 2040. The summed E-state index contributed by atoms with van der Waals surface area (Å²) in [7, 11) is 0. The average Bonchev–Trinajstić information content (AvgIpc) is 3.81. The number of benzene rings is 4. The van der Waals surface area contributed by atoms with Crippen molar-refractivity contribution >= 4 is 11.9 Å². The average molecular weight is 900 g/mol. The number of unbranched alkanes of at least 4 members (excludes halogenated alkanes) is 22. The Morgan fingerprint density at radius 1 is 0.424 bits per heavy atom. The fourth-order valence-electron chi connectivity index (χ4n) is 8.02. The second-order valence-corrected chi connectivity index (χ2v) is 17.8. The molecule has 66 heavy (non-hydrogen) atoms. The van der Waals surface area contributed by atoms with Crippen LogP contribution in [0.25, 0.3) is 11.3 Å². The highest BCUT2D eigenvalue weighted by molar-refractivity contribution is 5.91. The number of hydrogen-bond acceptors (Lipinski definition) is 8. The largest absolute Gasteiger partial charge is 0.494 e. The number of carbonyl (C=O) groups is 2. The Morgan fingerprint density at radius 2 is 0.773 bits per heavy atom. The zero-order valence-corrected chi connectivity index (χ0v) is 40.2. The van der Waals surface area contributed by atoms with Gasteiger partial charge >= 0.3 is 11.9 Å². The van der Waals surface area contributed by atoms with E-state index in [1.165, 1.54) is 141 Å². The third-order valence-electron chi connectivity index (χ3n) is 12.1. The molecule has 0 N–H and O–H groups in total. The number of hydrogen-bond donors (Lipinski definition) is 0. The molecule has 5 rings (SSSR count). The van der Waals surface area contributed by atoms with Gasteiger partial charge < -0.3 is 18.9 Å². The van der Waals surface area contributed by atoms with E-state index in [2.05, 4.69) is 24.2 Å². The van der Waals surface area contributed by atoms with Gasteiger partial charge in [-0.05, 0) is 103 Å². The van der Waals surface area contributed by atoms with Crippen LogP contribution < -0.4 is 18.9 Å². The van der Waals surface area contributed by atoms with Crippen LogP contribution in [-0.2, 0) is 6.54 Å². The van der Waals surface area contributed by atoms with Gasteiger partial charge in [-0.1, -0.05) is 172 Å². The van der Waals surface area contributed by atoms with E-state index in [9.17, 15) is 9.59 Å². The minimum absolute atomic E-state index is 0.420. The van der Waals surface area contributed by atoms with Crippen molar-refractivity contribution in [3.8, 4) is 34.3 Å². The van der Waals surface area contributed by atoms with Crippen LogP contribution in [0.3, 0.4) is 0 Å². The van der Waals surface area contributed by atoms with Crippen molar-refractivity contribution in [1.29, 1.82) is 0 Å². The molecule has 356 valence electrons. The summed E-state index contributed by atoms with van der Waals surface area (Å²) in [5.74, 6) is 1.57. The van der Waals surface area contributed by atoms with Crippen molar-refractivity contribution in [2.45, 2.75) is 174 Å².